The highest BCUT2D eigenvalue weighted by atomic mass is 79.9. The van der Waals surface area contributed by atoms with Crippen molar-refractivity contribution in [2.45, 2.75) is 112 Å². The smallest absolute Gasteiger partial charge is 0.237 e. The lowest BCUT2D eigenvalue weighted by Gasteiger charge is -2.38. The molecule has 0 radical (unpaired) electrons. The van der Waals surface area contributed by atoms with Crippen LogP contribution in [-0.2, 0) is 4.79 Å². The van der Waals surface area contributed by atoms with Gasteiger partial charge in [-0.2, -0.15) is 0 Å². The van der Waals surface area contributed by atoms with Crippen LogP contribution in [0.15, 0.2) is 0 Å². The largest absolute Gasteiger partial charge is 0.387 e. The van der Waals surface area contributed by atoms with Crippen molar-refractivity contribution < 1.29 is 4.79 Å². The lowest BCUT2D eigenvalue weighted by Crippen LogP contribution is -2.51. The Balaban J connectivity index is 1.41. The first-order valence-electron chi connectivity index (χ1n) is 12.7. The van der Waals surface area contributed by atoms with E-state index < -0.39 is 0 Å². The Morgan fingerprint density at radius 1 is 1.03 bits per heavy atom. The molecule has 0 spiro atoms. The molecule has 6 unspecified atom stereocenters. The number of amides is 1. The zero-order valence-corrected chi connectivity index (χ0v) is 20.5. The maximum absolute atomic E-state index is 13.4. The van der Waals surface area contributed by atoms with Crippen LogP contribution < -0.4 is 16.8 Å². The summed E-state index contributed by atoms with van der Waals surface area (Å²) in [6, 6.07) is 0.978. The van der Waals surface area contributed by atoms with Crippen molar-refractivity contribution in [1.82, 2.24) is 10.2 Å². The summed E-state index contributed by atoms with van der Waals surface area (Å²) in [6.45, 7) is 1.00. The van der Waals surface area contributed by atoms with E-state index in [1.165, 1.54) is 32.1 Å². The van der Waals surface area contributed by atoms with Crippen molar-refractivity contribution in [2.24, 2.45) is 29.2 Å². The van der Waals surface area contributed by atoms with E-state index in [1.54, 1.807) is 0 Å². The third-order valence-electron chi connectivity index (χ3n) is 8.68. The molecule has 1 heterocycles. The number of halogens is 1. The number of rotatable bonds is 6. The van der Waals surface area contributed by atoms with Crippen LogP contribution in [0.25, 0.3) is 0 Å². The molecule has 0 aromatic heterocycles. The fourth-order valence-electron chi connectivity index (χ4n) is 6.79. The first kappa shape index (κ1) is 23.5. The van der Waals surface area contributed by atoms with Gasteiger partial charge in [0.1, 0.15) is 0 Å². The maximum Gasteiger partial charge on any atom is 0.237 e. The van der Waals surface area contributed by atoms with Crippen LogP contribution >= 0.6 is 15.9 Å². The van der Waals surface area contributed by atoms with Gasteiger partial charge in [0.05, 0.1) is 11.9 Å². The first-order valence-corrected chi connectivity index (χ1v) is 13.6. The molecule has 0 aromatic carbocycles. The third-order valence-corrected chi connectivity index (χ3v) is 9.52. The normalized spacial score (nSPS) is 41.5. The van der Waals surface area contributed by atoms with Gasteiger partial charge in [0.2, 0.25) is 5.91 Å². The van der Waals surface area contributed by atoms with Gasteiger partial charge in [-0.1, -0.05) is 28.8 Å². The average Bonchev–Trinajstić information content (AvgIpc) is 3.12. The summed E-state index contributed by atoms with van der Waals surface area (Å²) in [5.74, 6) is 2.08. The van der Waals surface area contributed by atoms with E-state index in [0.717, 1.165) is 63.8 Å². The van der Waals surface area contributed by atoms with Crippen LogP contribution in [0, 0.1) is 23.2 Å². The Kier molecular flexibility index (Phi) is 7.97. The van der Waals surface area contributed by atoms with Crippen LogP contribution in [0.1, 0.15) is 83.5 Å². The average molecular weight is 497 g/mol. The van der Waals surface area contributed by atoms with Gasteiger partial charge in [0, 0.05) is 28.9 Å². The predicted molar refractivity (Wildman–Crippen MR) is 129 cm³/mol. The van der Waals surface area contributed by atoms with E-state index in [2.05, 4.69) is 26.1 Å². The molecule has 1 amide bonds. The molecule has 31 heavy (non-hydrogen) atoms. The third kappa shape index (κ3) is 5.83. The Hall–Kier alpha value is -0.660. The minimum atomic E-state index is -0.0142. The van der Waals surface area contributed by atoms with Crippen LogP contribution in [0.3, 0.4) is 0 Å². The second kappa shape index (κ2) is 10.5. The molecule has 0 aromatic rings. The number of nitrogens with zero attached hydrogens (tertiary/aromatic N) is 1. The SMILES string of the molecule is N=C(N)C1CCC2CC(C(=O)NC3CCC(N)CC3)N(CCC3CCCC(Br)C3)C2C1. The van der Waals surface area contributed by atoms with Crippen molar-refractivity contribution in [3.63, 3.8) is 0 Å². The standard InChI is InChI=1S/C24H42BrN5O/c25-18-3-1-2-15(12-18)10-11-30-21-14-17(23(27)28)5-4-16(21)13-22(30)24(31)29-20-8-6-19(26)7-9-20/h15-22H,1-14,26H2,(H3,27,28)(H,29,31). The number of amidine groups is 1. The minimum Gasteiger partial charge on any atom is -0.387 e. The number of nitrogens with one attached hydrogen (secondary N) is 2. The van der Waals surface area contributed by atoms with E-state index in [4.69, 9.17) is 16.9 Å². The number of likely N-dealkylation sites (tertiary alicyclic amines) is 1. The molecule has 4 fully saturated rings. The summed E-state index contributed by atoms with van der Waals surface area (Å²) < 4.78 is 0. The van der Waals surface area contributed by atoms with E-state index >= 15 is 0 Å². The molecule has 6 N–H and O–H groups in total. The number of carbonyl (C=O) groups is 1. The summed E-state index contributed by atoms with van der Waals surface area (Å²) >= 11 is 3.83. The van der Waals surface area contributed by atoms with Gasteiger partial charge in [-0.05, 0) is 89.0 Å². The molecule has 4 aliphatic rings. The maximum atomic E-state index is 13.4. The second-order valence-electron chi connectivity index (χ2n) is 10.8. The monoisotopic (exact) mass is 495 g/mol. The number of alkyl halides is 1. The van der Waals surface area contributed by atoms with Gasteiger partial charge in [-0.3, -0.25) is 15.1 Å². The van der Waals surface area contributed by atoms with Crippen molar-refractivity contribution in [2.75, 3.05) is 6.54 Å². The molecule has 1 aliphatic heterocycles. The van der Waals surface area contributed by atoms with Crippen LogP contribution in [0.5, 0.6) is 0 Å². The van der Waals surface area contributed by atoms with Gasteiger partial charge >= 0.3 is 0 Å². The fraction of sp³-hybridized carbons (Fsp3) is 0.917. The summed E-state index contributed by atoms with van der Waals surface area (Å²) in [5, 5.41) is 11.4. The molecular formula is C24H42BrN5O. The number of carbonyl (C=O) groups excluding carboxylic acids is 1. The summed E-state index contributed by atoms with van der Waals surface area (Å²) in [7, 11) is 0. The van der Waals surface area contributed by atoms with Gasteiger partial charge in [-0.15, -0.1) is 0 Å². The predicted octanol–water partition coefficient (Wildman–Crippen LogP) is 3.51. The van der Waals surface area contributed by atoms with Crippen molar-refractivity contribution >= 4 is 27.7 Å². The van der Waals surface area contributed by atoms with E-state index in [-0.39, 0.29) is 23.9 Å². The van der Waals surface area contributed by atoms with Crippen molar-refractivity contribution in [1.29, 1.82) is 5.41 Å². The number of fused-ring (bicyclic) bond motifs is 1. The zero-order chi connectivity index (χ0) is 22.0. The molecule has 1 saturated heterocycles. The molecule has 7 heteroatoms. The molecule has 3 aliphatic carbocycles. The Bertz CT molecular complexity index is 637. The highest BCUT2D eigenvalue weighted by Gasteiger charge is 2.47. The second-order valence-corrected chi connectivity index (χ2v) is 12.1. The highest BCUT2D eigenvalue weighted by Crippen LogP contribution is 2.43. The van der Waals surface area contributed by atoms with E-state index in [0.29, 0.717) is 28.7 Å². The number of hydrogen-bond acceptors (Lipinski definition) is 4. The van der Waals surface area contributed by atoms with Crippen LogP contribution in [0.2, 0.25) is 0 Å². The molecule has 6 nitrogen and oxygen atoms in total. The molecule has 6 atom stereocenters. The molecule has 176 valence electrons. The Morgan fingerprint density at radius 3 is 2.52 bits per heavy atom. The topological polar surface area (TPSA) is 108 Å². The van der Waals surface area contributed by atoms with E-state index in [9.17, 15) is 4.79 Å². The van der Waals surface area contributed by atoms with Gasteiger partial charge in [0.15, 0.2) is 0 Å². The first-order chi connectivity index (χ1) is 14.9. The molecule has 3 saturated carbocycles. The number of hydrogen-bond donors (Lipinski definition) is 4. The highest BCUT2D eigenvalue weighted by molar-refractivity contribution is 9.09. The van der Waals surface area contributed by atoms with Gasteiger partial charge < -0.3 is 16.8 Å². The van der Waals surface area contributed by atoms with Gasteiger partial charge in [-0.25, -0.2) is 0 Å². The quantitative estimate of drug-likeness (QED) is 0.256. The van der Waals surface area contributed by atoms with Gasteiger partial charge in [0.25, 0.3) is 0 Å². The lowest BCUT2D eigenvalue weighted by atomic mass is 9.78. The Morgan fingerprint density at radius 2 is 1.81 bits per heavy atom. The lowest BCUT2D eigenvalue weighted by molar-refractivity contribution is -0.127. The summed E-state index contributed by atoms with van der Waals surface area (Å²) in [5.41, 5.74) is 12.0. The fourth-order valence-corrected chi connectivity index (χ4v) is 7.64. The van der Waals surface area contributed by atoms with Crippen molar-refractivity contribution in [3.05, 3.63) is 0 Å². The summed E-state index contributed by atoms with van der Waals surface area (Å²) in [6.07, 6.45) is 14.4. The zero-order valence-electron chi connectivity index (χ0n) is 18.9. The molecule has 4 rings (SSSR count). The van der Waals surface area contributed by atoms with Crippen LogP contribution in [-0.4, -0.2) is 52.2 Å². The van der Waals surface area contributed by atoms with Crippen LogP contribution in [0.4, 0.5) is 0 Å². The van der Waals surface area contributed by atoms with E-state index in [1.807, 2.05) is 0 Å². The molecule has 0 bridgehead atoms. The Labute approximate surface area is 196 Å². The van der Waals surface area contributed by atoms with Crippen molar-refractivity contribution in [3.8, 4) is 0 Å². The summed E-state index contributed by atoms with van der Waals surface area (Å²) in [4.78, 5) is 16.6. The molecular weight excluding hydrogens is 454 g/mol. The number of nitrogens with two attached hydrogens (primary N) is 2. The minimum absolute atomic E-state index is 0.0142.